The van der Waals surface area contributed by atoms with E-state index >= 15 is 0 Å². The molecule has 0 aliphatic carbocycles. The molecule has 1 atom stereocenters. The normalized spacial score (nSPS) is 12.5. The molecule has 1 heterocycles. The Kier molecular flexibility index (Phi) is 5.42. The molecule has 0 radical (unpaired) electrons. The van der Waals surface area contributed by atoms with Crippen molar-refractivity contribution in [3.05, 3.63) is 29.6 Å². The maximum Gasteiger partial charge on any atom is 0.252 e. The first-order valence-corrected chi connectivity index (χ1v) is 6.26. The fourth-order valence-electron chi connectivity index (χ4n) is 1.58. The summed E-state index contributed by atoms with van der Waals surface area (Å²) >= 11 is 6.11. The van der Waals surface area contributed by atoms with Crippen molar-refractivity contribution >= 4 is 17.5 Å². The predicted octanol–water partition coefficient (Wildman–Crippen LogP) is 2.77. The van der Waals surface area contributed by atoms with Gasteiger partial charge in [-0.3, -0.25) is 9.78 Å². The molecule has 0 saturated carbocycles. The van der Waals surface area contributed by atoms with Crippen LogP contribution in [0.15, 0.2) is 18.5 Å². The third-order valence-electron chi connectivity index (χ3n) is 2.35. The number of amides is 1. The van der Waals surface area contributed by atoms with Gasteiger partial charge in [0.25, 0.3) is 5.91 Å². The third kappa shape index (κ3) is 5.18. The minimum absolute atomic E-state index is 0.0169. The van der Waals surface area contributed by atoms with Crippen LogP contribution < -0.4 is 5.32 Å². The first-order chi connectivity index (χ1) is 7.99. The van der Waals surface area contributed by atoms with Crippen LogP contribution in [-0.4, -0.2) is 22.8 Å². The summed E-state index contributed by atoms with van der Waals surface area (Å²) in [5.74, 6) is 0.422. The molecule has 1 unspecified atom stereocenters. The van der Waals surface area contributed by atoms with E-state index < -0.39 is 0 Å². The highest BCUT2D eigenvalue weighted by atomic mass is 35.5. The highest BCUT2D eigenvalue weighted by Crippen LogP contribution is 2.09. The molecule has 1 N–H and O–H groups in total. The lowest BCUT2D eigenvalue weighted by Gasteiger charge is -2.12. The van der Waals surface area contributed by atoms with Crippen LogP contribution in [0.1, 0.15) is 36.2 Å². The molecular weight excluding hydrogens is 236 g/mol. The fourth-order valence-corrected chi connectivity index (χ4v) is 2.01. The number of aromatic nitrogens is 1. The van der Waals surface area contributed by atoms with Crippen LogP contribution >= 0.6 is 11.6 Å². The standard InChI is InChI=1S/C13H19ClN2O/c1-9(2)4-12(14)8-16-13(17)11-5-10(3)6-15-7-11/h5-7,9,12H,4,8H2,1-3H3,(H,16,17). The number of nitrogens with zero attached hydrogens (tertiary/aromatic N) is 1. The first kappa shape index (κ1) is 14.0. The molecule has 1 rings (SSSR count). The smallest absolute Gasteiger partial charge is 0.252 e. The van der Waals surface area contributed by atoms with Gasteiger partial charge in [0.15, 0.2) is 0 Å². The van der Waals surface area contributed by atoms with Crippen LogP contribution in [0.2, 0.25) is 0 Å². The zero-order chi connectivity index (χ0) is 12.8. The molecule has 0 bridgehead atoms. The van der Waals surface area contributed by atoms with Gasteiger partial charge in [0.2, 0.25) is 0 Å². The largest absolute Gasteiger partial charge is 0.351 e. The lowest BCUT2D eigenvalue weighted by atomic mass is 10.1. The van der Waals surface area contributed by atoms with Crippen molar-refractivity contribution < 1.29 is 4.79 Å². The highest BCUT2D eigenvalue weighted by Gasteiger charge is 2.10. The number of hydrogen-bond donors (Lipinski definition) is 1. The molecule has 0 aliphatic heterocycles. The Morgan fingerprint density at radius 3 is 2.76 bits per heavy atom. The second-order valence-corrected chi connectivity index (χ2v) is 5.31. The molecule has 0 aromatic carbocycles. The molecule has 0 spiro atoms. The van der Waals surface area contributed by atoms with Crippen LogP contribution in [0.5, 0.6) is 0 Å². The molecular formula is C13H19ClN2O. The van der Waals surface area contributed by atoms with Crippen molar-refractivity contribution in [2.45, 2.75) is 32.6 Å². The average molecular weight is 255 g/mol. The minimum atomic E-state index is -0.115. The second-order valence-electron chi connectivity index (χ2n) is 4.69. The molecule has 3 nitrogen and oxygen atoms in total. The summed E-state index contributed by atoms with van der Waals surface area (Å²) in [5.41, 5.74) is 1.56. The zero-order valence-electron chi connectivity index (χ0n) is 10.5. The van der Waals surface area contributed by atoms with E-state index in [2.05, 4.69) is 24.1 Å². The topological polar surface area (TPSA) is 42.0 Å². The molecule has 1 aromatic heterocycles. The number of hydrogen-bond acceptors (Lipinski definition) is 2. The Morgan fingerprint density at radius 2 is 2.18 bits per heavy atom. The number of alkyl halides is 1. The number of carbonyl (C=O) groups is 1. The average Bonchev–Trinajstić information content (AvgIpc) is 2.25. The summed E-state index contributed by atoms with van der Waals surface area (Å²) in [6, 6.07) is 1.81. The highest BCUT2D eigenvalue weighted by molar-refractivity contribution is 6.20. The van der Waals surface area contributed by atoms with Crippen LogP contribution in [0.25, 0.3) is 0 Å². The van der Waals surface area contributed by atoms with Crippen molar-refractivity contribution in [2.75, 3.05) is 6.54 Å². The first-order valence-electron chi connectivity index (χ1n) is 5.83. The van der Waals surface area contributed by atoms with Crippen molar-refractivity contribution in [3.63, 3.8) is 0 Å². The van der Waals surface area contributed by atoms with E-state index in [1.807, 2.05) is 13.0 Å². The van der Waals surface area contributed by atoms with Crippen molar-refractivity contribution in [2.24, 2.45) is 5.92 Å². The molecule has 94 valence electrons. The fraction of sp³-hybridized carbons (Fsp3) is 0.538. The molecule has 0 saturated heterocycles. The predicted molar refractivity (Wildman–Crippen MR) is 70.4 cm³/mol. The third-order valence-corrected chi connectivity index (χ3v) is 2.68. The maximum atomic E-state index is 11.8. The Balaban J connectivity index is 2.45. The van der Waals surface area contributed by atoms with Crippen molar-refractivity contribution in [1.29, 1.82) is 0 Å². The monoisotopic (exact) mass is 254 g/mol. The van der Waals surface area contributed by atoms with Gasteiger partial charge in [0.1, 0.15) is 0 Å². The van der Waals surface area contributed by atoms with E-state index in [4.69, 9.17) is 11.6 Å². The van der Waals surface area contributed by atoms with Crippen molar-refractivity contribution in [1.82, 2.24) is 10.3 Å². The van der Waals surface area contributed by atoms with E-state index in [9.17, 15) is 4.79 Å². The lowest BCUT2D eigenvalue weighted by molar-refractivity contribution is 0.0952. The number of nitrogens with one attached hydrogen (secondary N) is 1. The van der Waals surface area contributed by atoms with E-state index in [0.29, 0.717) is 18.0 Å². The molecule has 0 aliphatic rings. The Hall–Kier alpha value is -1.09. The second kappa shape index (κ2) is 6.60. The number of halogens is 1. The van der Waals surface area contributed by atoms with Gasteiger partial charge in [-0.15, -0.1) is 11.6 Å². The molecule has 1 amide bonds. The van der Waals surface area contributed by atoms with Gasteiger partial charge >= 0.3 is 0 Å². The zero-order valence-corrected chi connectivity index (χ0v) is 11.3. The van der Waals surface area contributed by atoms with Crippen molar-refractivity contribution in [3.8, 4) is 0 Å². The van der Waals surface area contributed by atoms with E-state index in [1.54, 1.807) is 12.4 Å². The van der Waals surface area contributed by atoms with Crippen LogP contribution in [0.3, 0.4) is 0 Å². The van der Waals surface area contributed by atoms with Crippen LogP contribution in [0, 0.1) is 12.8 Å². The van der Waals surface area contributed by atoms with E-state index in [-0.39, 0.29) is 11.3 Å². The molecule has 0 fully saturated rings. The molecule has 17 heavy (non-hydrogen) atoms. The summed E-state index contributed by atoms with van der Waals surface area (Å²) in [5, 5.41) is 2.80. The van der Waals surface area contributed by atoms with E-state index in [1.165, 1.54) is 0 Å². The summed E-state index contributed by atoms with van der Waals surface area (Å²) < 4.78 is 0. The summed E-state index contributed by atoms with van der Waals surface area (Å²) in [7, 11) is 0. The van der Waals surface area contributed by atoms with Gasteiger partial charge in [-0.2, -0.15) is 0 Å². The lowest BCUT2D eigenvalue weighted by Crippen LogP contribution is -2.30. The summed E-state index contributed by atoms with van der Waals surface area (Å²) in [6.07, 6.45) is 4.18. The Morgan fingerprint density at radius 1 is 1.47 bits per heavy atom. The van der Waals surface area contributed by atoms with Gasteiger partial charge in [-0.1, -0.05) is 13.8 Å². The Labute approximate surface area is 108 Å². The summed E-state index contributed by atoms with van der Waals surface area (Å²) in [4.78, 5) is 15.8. The Bertz CT molecular complexity index is 379. The van der Waals surface area contributed by atoms with Crippen LogP contribution in [-0.2, 0) is 0 Å². The summed E-state index contributed by atoms with van der Waals surface area (Å²) in [6.45, 7) is 6.63. The van der Waals surface area contributed by atoms with Gasteiger partial charge in [-0.05, 0) is 30.9 Å². The number of pyridine rings is 1. The van der Waals surface area contributed by atoms with Crippen LogP contribution in [0.4, 0.5) is 0 Å². The number of aryl methyl sites for hydroxylation is 1. The van der Waals surface area contributed by atoms with Gasteiger partial charge < -0.3 is 5.32 Å². The van der Waals surface area contributed by atoms with E-state index in [0.717, 1.165) is 12.0 Å². The van der Waals surface area contributed by atoms with Gasteiger partial charge in [-0.25, -0.2) is 0 Å². The quantitative estimate of drug-likeness (QED) is 0.821. The number of rotatable bonds is 5. The molecule has 1 aromatic rings. The van der Waals surface area contributed by atoms with Gasteiger partial charge in [0.05, 0.1) is 10.9 Å². The number of carbonyl (C=O) groups excluding carboxylic acids is 1. The molecule has 4 heteroatoms. The van der Waals surface area contributed by atoms with Gasteiger partial charge in [0, 0.05) is 18.9 Å². The minimum Gasteiger partial charge on any atom is -0.351 e. The maximum absolute atomic E-state index is 11.8. The SMILES string of the molecule is Cc1cncc(C(=O)NCC(Cl)CC(C)C)c1.